The topological polar surface area (TPSA) is 99.7 Å². The van der Waals surface area contributed by atoms with Crippen LogP contribution in [0.4, 0.5) is 10.1 Å². The molecule has 0 spiro atoms. The summed E-state index contributed by atoms with van der Waals surface area (Å²) in [5.74, 6) is -0.191. The summed E-state index contributed by atoms with van der Waals surface area (Å²) in [4.78, 5) is 28.2. The molecular weight excluding hydrogens is 778 g/mol. The number of carbonyl (C=O) groups is 2. The molecule has 1 heterocycles. The fourth-order valence-corrected chi connectivity index (χ4v) is 10.00. The summed E-state index contributed by atoms with van der Waals surface area (Å²) < 4.78 is 19.2. The predicted octanol–water partition coefficient (Wildman–Crippen LogP) is 9.03. The van der Waals surface area contributed by atoms with E-state index in [1.807, 2.05) is 69.1 Å². The van der Waals surface area contributed by atoms with Crippen molar-refractivity contribution >= 4 is 41.1 Å². The van der Waals surface area contributed by atoms with Gasteiger partial charge in [0, 0.05) is 29.1 Å². The van der Waals surface area contributed by atoms with E-state index in [0.717, 1.165) is 16.9 Å². The van der Waals surface area contributed by atoms with Gasteiger partial charge in [-0.25, -0.2) is 9.18 Å². The maximum absolute atomic E-state index is 14.2. The highest BCUT2D eigenvalue weighted by atomic mass is 32.2. The molecule has 6 rings (SSSR count). The van der Waals surface area contributed by atoms with E-state index < -0.39 is 22.4 Å². The van der Waals surface area contributed by atoms with Gasteiger partial charge in [0.25, 0.3) is 5.91 Å². The molecule has 0 radical (unpaired) electrons. The zero-order chi connectivity index (χ0) is 41.8. The number of anilines is 1. The average molecular weight is 834 g/mol. The Morgan fingerprint density at radius 1 is 0.847 bits per heavy atom. The molecule has 1 aliphatic rings. The normalized spacial score (nSPS) is 16.6. The van der Waals surface area contributed by atoms with Gasteiger partial charge in [0.15, 0.2) is 0 Å². The van der Waals surface area contributed by atoms with Crippen LogP contribution in [0.1, 0.15) is 71.8 Å². The van der Waals surface area contributed by atoms with Crippen molar-refractivity contribution in [2.75, 3.05) is 30.5 Å². The van der Waals surface area contributed by atoms with E-state index in [1.165, 1.54) is 28.8 Å². The number of nitrogens with one attached hydrogen (secondary N) is 3. The third-order valence-corrected chi connectivity index (χ3v) is 13.0. The van der Waals surface area contributed by atoms with Crippen molar-refractivity contribution in [1.82, 2.24) is 10.6 Å². The Kier molecular flexibility index (Phi) is 15.3. The number of hydrogen-bond donors (Lipinski definition) is 4. The van der Waals surface area contributed by atoms with Gasteiger partial charge in [-0.15, -0.1) is 11.8 Å². The van der Waals surface area contributed by atoms with E-state index in [-0.39, 0.29) is 35.6 Å². The van der Waals surface area contributed by atoms with Gasteiger partial charge < -0.3 is 25.8 Å². The number of halogens is 1. The van der Waals surface area contributed by atoms with Gasteiger partial charge in [0.2, 0.25) is 0 Å². The minimum atomic E-state index is -0.771. The van der Waals surface area contributed by atoms with Gasteiger partial charge in [-0.3, -0.25) is 4.79 Å². The Bertz CT molecular complexity index is 2000. The second-order valence-corrected chi connectivity index (χ2v) is 18.6. The molecule has 59 heavy (non-hydrogen) atoms. The molecular formula is C49H56FN3O4S2. The molecule has 3 unspecified atom stereocenters. The van der Waals surface area contributed by atoms with Crippen LogP contribution < -0.4 is 16.0 Å². The average Bonchev–Trinajstić information content (AvgIpc) is 3.71. The van der Waals surface area contributed by atoms with Gasteiger partial charge in [0.1, 0.15) is 17.5 Å². The number of aliphatic hydroxyl groups excluding tert-OH is 1. The summed E-state index contributed by atoms with van der Waals surface area (Å²) >= 11 is 3.55. The fourth-order valence-electron chi connectivity index (χ4n) is 7.68. The van der Waals surface area contributed by atoms with E-state index in [2.05, 4.69) is 88.7 Å². The monoisotopic (exact) mass is 833 g/mol. The molecule has 1 saturated heterocycles. The first-order valence-electron chi connectivity index (χ1n) is 20.3. The summed E-state index contributed by atoms with van der Waals surface area (Å²) in [6.45, 7) is 6.08. The molecule has 4 atom stereocenters. The van der Waals surface area contributed by atoms with Crippen molar-refractivity contribution in [2.24, 2.45) is 0 Å². The van der Waals surface area contributed by atoms with Crippen molar-refractivity contribution in [1.29, 1.82) is 0 Å². The maximum Gasteiger partial charge on any atom is 0.330 e. The number of rotatable bonds is 18. The molecule has 1 fully saturated rings. The Morgan fingerprint density at radius 2 is 1.44 bits per heavy atom. The molecule has 5 aromatic carbocycles. The van der Waals surface area contributed by atoms with Crippen molar-refractivity contribution in [3.63, 3.8) is 0 Å². The van der Waals surface area contributed by atoms with E-state index in [9.17, 15) is 19.1 Å². The second-order valence-electron chi connectivity index (χ2n) is 16.1. The SMILES string of the molecule is CSCC[C@@H](CO)NC(=O)c1cc(NC(C(=O)OC(C)(C)C)C2CC(SC(c3ccccc3)(c3ccccc3)c3ccccc3)CN2)ccc1CCc1ccc(F)cc1. The fraction of sp³-hybridized carbons (Fsp3) is 0.347. The third-order valence-electron chi connectivity index (χ3n) is 10.6. The molecule has 1 aliphatic heterocycles. The molecule has 0 bridgehead atoms. The van der Waals surface area contributed by atoms with Crippen molar-refractivity contribution in [3.05, 3.63) is 173 Å². The number of hydrogen-bond acceptors (Lipinski definition) is 8. The highest BCUT2D eigenvalue weighted by molar-refractivity contribution is 8.01. The molecule has 1 amide bonds. The predicted molar refractivity (Wildman–Crippen MR) is 242 cm³/mol. The molecule has 5 aromatic rings. The smallest absolute Gasteiger partial charge is 0.330 e. The molecule has 0 aliphatic carbocycles. The van der Waals surface area contributed by atoms with Gasteiger partial charge in [-0.05, 0) is 111 Å². The Labute approximate surface area is 357 Å². The highest BCUT2D eigenvalue weighted by Gasteiger charge is 2.44. The van der Waals surface area contributed by atoms with Crippen molar-refractivity contribution < 1.29 is 23.8 Å². The lowest BCUT2D eigenvalue weighted by atomic mass is 9.84. The summed E-state index contributed by atoms with van der Waals surface area (Å²) in [6, 6.07) is 42.4. The van der Waals surface area contributed by atoms with Crippen molar-refractivity contribution in [2.45, 2.75) is 80.2 Å². The number of carbonyl (C=O) groups excluding carboxylic acids is 2. The first kappa shape index (κ1) is 44.0. The molecule has 310 valence electrons. The van der Waals surface area contributed by atoms with Gasteiger partial charge in [0.05, 0.1) is 17.4 Å². The van der Waals surface area contributed by atoms with Crippen LogP contribution >= 0.6 is 23.5 Å². The van der Waals surface area contributed by atoms with Gasteiger partial charge in [-0.1, -0.05) is 109 Å². The number of amides is 1. The number of ether oxygens (including phenoxy) is 1. The molecule has 4 N–H and O–H groups in total. The van der Waals surface area contributed by atoms with Crippen LogP contribution in [-0.2, 0) is 27.1 Å². The van der Waals surface area contributed by atoms with Crippen LogP contribution in [0, 0.1) is 5.82 Å². The van der Waals surface area contributed by atoms with E-state index in [1.54, 1.807) is 30.0 Å². The number of aliphatic hydroxyl groups is 1. The summed E-state index contributed by atoms with van der Waals surface area (Å²) in [5, 5.41) is 20.4. The lowest BCUT2D eigenvalue weighted by Gasteiger charge is -2.37. The minimum absolute atomic E-state index is 0.110. The standard InChI is InChI=1S/C49H56FN3O4S2/c1-48(2,3)57-47(56)45(52-40-27-24-35(23-20-34-21-25-39(50)26-22-34)43(30-40)46(55)53-41(33-54)28-29-58-4)44-31-42(32-51-44)59-49(36-14-8-5-9-15-36,37-16-10-6-11-17-37)38-18-12-7-13-19-38/h5-19,21-22,24-27,30,41-42,44-45,51-52,54H,20,23,28-29,31-33H2,1-4H3,(H,53,55)/t41-,42?,44?,45?/m0/s1. The van der Waals surface area contributed by atoms with Crippen LogP contribution in [0.25, 0.3) is 0 Å². The van der Waals surface area contributed by atoms with E-state index >= 15 is 0 Å². The number of aryl methyl sites for hydroxylation is 2. The van der Waals surface area contributed by atoms with Crippen LogP contribution in [0.15, 0.2) is 133 Å². The number of esters is 1. The number of thioether (sulfide) groups is 2. The number of benzene rings is 5. The first-order chi connectivity index (χ1) is 28.5. The molecule has 0 aromatic heterocycles. The Balaban J connectivity index is 1.31. The maximum atomic E-state index is 14.2. The third kappa shape index (κ3) is 11.6. The Morgan fingerprint density at radius 3 is 1.98 bits per heavy atom. The zero-order valence-electron chi connectivity index (χ0n) is 34.3. The summed E-state index contributed by atoms with van der Waals surface area (Å²) in [7, 11) is 0. The Hall–Kier alpha value is -4.61. The van der Waals surface area contributed by atoms with E-state index in [0.29, 0.717) is 43.5 Å². The largest absolute Gasteiger partial charge is 0.458 e. The summed E-state index contributed by atoms with van der Waals surface area (Å²) in [6.07, 6.45) is 4.43. The van der Waals surface area contributed by atoms with Gasteiger partial charge in [-0.2, -0.15) is 11.8 Å². The lowest BCUT2D eigenvalue weighted by Crippen LogP contribution is -2.48. The lowest BCUT2D eigenvalue weighted by molar-refractivity contribution is -0.156. The molecule has 0 saturated carbocycles. The quantitative estimate of drug-likeness (QED) is 0.0513. The van der Waals surface area contributed by atoms with Gasteiger partial charge >= 0.3 is 5.97 Å². The van der Waals surface area contributed by atoms with E-state index in [4.69, 9.17) is 4.74 Å². The zero-order valence-corrected chi connectivity index (χ0v) is 36.0. The van der Waals surface area contributed by atoms with Crippen LogP contribution in [0.5, 0.6) is 0 Å². The highest BCUT2D eigenvalue weighted by Crippen LogP contribution is 2.51. The van der Waals surface area contributed by atoms with Crippen LogP contribution in [-0.4, -0.2) is 71.1 Å². The molecule has 10 heteroatoms. The van der Waals surface area contributed by atoms with Crippen LogP contribution in [0.3, 0.4) is 0 Å². The minimum Gasteiger partial charge on any atom is -0.458 e. The van der Waals surface area contributed by atoms with Crippen molar-refractivity contribution in [3.8, 4) is 0 Å². The second kappa shape index (κ2) is 20.6. The van der Waals surface area contributed by atoms with Crippen LogP contribution in [0.2, 0.25) is 0 Å². The summed E-state index contributed by atoms with van der Waals surface area (Å²) in [5.41, 5.74) is 5.62. The first-order valence-corrected chi connectivity index (χ1v) is 22.6. The molecule has 7 nitrogen and oxygen atoms in total.